The van der Waals surface area contributed by atoms with Gasteiger partial charge in [-0.15, -0.1) is 0 Å². The number of para-hydroxylation sites is 2. The van der Waals surface area contributed by atoms with Gasteiger partial charge in [0, 0.05) is 31.9 Å². The number of benzene rings is 1. The zero-order valence-corrected chi connectivity index (χ0v) is 11.9. The van der Waals surface area contributed by atoms with Crippen LogP contribution in [0.1, 0.15) is 18.3 Å². The summed E-state index contributed by atoms with van der Waals surface area (Å²) in [6.07, 6.45) is 3.91. The molecule has 0 saturated heterocycles. The van der Waals surface area contributed by atoms with Crippen LogP contribution in [0.3, 0.4) is 0 Å². The summed E-state index contributed by atoms with van der Waals surface area (Å²) in [6, 6.07) is 8.27. The fraction of sp³-hybridized carbons (Fsp3) is 0.333. The standard InChI is InChI=1S/C15H19N5/c1-3-20-14-7-5-4-6-13(14)18-15(20)10-16-8-12-9-17-19(2)11-12/h4-7,9,11,16H,3,8,10H2,1-2H3. The molecule has 2 heterocycles. The monoisotopic (exact) mass is 269 g/mol. The van der Waals surface area contributed by atoms with Crippen LogP contribution in [-0.4, -0.2) is 19.3 Å². The molecule has 3 aromatic rings. The molecular formula is C15H19N5. The Labute approximate surface area is 118 Å². The van der Waals surface area contributed by atoms with Gasteiger partial charge in [0.25, 0.3) is 0 Å². The van der Waals surface area contributed by atoms with Gasteiger partial charge in [0.05, 0.1) is 23.8 Å². The first-order valence-corrected chi connectivity index (χ1v) is 6.90. The van der Waals surface area contributed by atoms with Gasteiger partial charge in [-0.1, -0.05) is 12.1 Å². The van der Waals surface area contributed by atoms with Crippen molar-refractivity contribution in [2.45, 2.75) is 26.6 Å². The molecule has 5 nitrogen and oxygen atoms in total. The van der Waals surface area contributed by atoms with Gasteiger partial charge in [-0.25, -0.2) is 4.98 Å². The number of rotatable bonds is 5. The molecule has 5 heteroatoms. The second-order valence-corrected chi connectivity index (χ2v) is 4.89. The summed E-state index contributed by atoms with van der Waals surface area (Å²) >= 11 is 0. The molecule has 1 N–H and O–H groups in total. The third-order valence-corrected chi connectivity index (χ3v) is 3.42. The molecule has 104 valence electrons. The van der Waals surface area contributed by atoms with Crippen molar-refractivity contribution in [2.24, 2.45) is 7.05 Å². The zero-order chi connectivity index (χ0) is 13.9. The minimum atomic E-state index is 0.761. The van der Waals surface area contributed by atoms with Crippen LogP contribution in [-0.2, 0) is 26.7 Å². The van der Waals surface area contributed by atoms with E-state index in [0.29, 0.717) is 0 Å². The molecule has 20 heavy (non-hydrogen) atoms. The largest absolute Gasteiger partial charge is 0.327 e. The summed E-state index contributed by atoms with van der Waals surface area (Å²) < 4.78 is 4.07. The molecular weight excluding hydrogens is 250 g/mol. The van der Waals surface area contributed by atoms with E-state index in [1.807, 2.05) is 30.2 Å². The van der Waals surface area contributed by atoms with E-state index in [2.05, 4.69) is 40.1 Å². The summed E-state index contributed by atoms with van der Waals surface area (Å²) in [6.45, 7) is 4.65. The van der Waals surface area contributed by atoms with E-state index in [0.717, 1.165) is 31.0 Å². The molecule has 3 rings (SSSR count). The van der Waals surface area contributed by atoms with E-state index in [1.54, 1.807) is 0 Å². The van der Waals surface area contributed by atoms with Crippen molar-refractivity contribution in [3.8, 4) is 0 Å². The van der Waals surface area contributed by atoms with Crippen LogP contribution < -0.4 is 5.32 Å². The fourth-order valence-electron chi connectivity index (χ4n) is 2.50. The van der Waals surface area contributed by atoms with Crippen molar-refractivity contribution in [2.75, 3.05) is 0 Å². The third kappa shape index (κ3) is 2.44. The molecule has 0 aliphatic rings. The average molecular weight is 269 g/mol. The lowest BCUT2D eigenvalue weighted by Gasteiger charge is -2.06. The number of nitrogens with zero attached hydrogens (tertiary/aromatic N) is 4. The zero-order valence-electron chi connectivity index (χ0n) is 11.9. The summed E-state index contributed by atoms with van der Waals surface area (Å²) in [7, 11) is 1.93. The number of aromatic nitrogens is 4. The molecule has 0 fully saturated rings. The highest BCUT2D eigenvalue weighted by molar-refractivity contribution is 5.75. The number of hydrogen-bond acceptors (Lipinski definition) is 3. The molecule has 0 atom stereocenters. The first-order chi connectivity index (χ1) is 9.78. The molecule has 0 amide bonds. The molecule has 0 spiro atoms. The quantitative estimate of drug-likeness (QED) is 0.771. The Morgan fingerprint density at radius 1 is 1.20 bits per heavy atom. The van der Waals surface area contributed by atoms with Gasteiger partial charge in [0.15, 0.2) is 0 Å². The minimum absolute atomic E-state index is 0.761. The third-order valence-electron chi connectivity index (χ3n) is 3.42. The second-order valence-electron chi connectivity index (χ2n) is 4.89. The van der Waals surface area contributed by atoms with Gasteiger partial charge in [0.1, 0.15) is 5.82 Å². The predicted octanol–water partition coefficient (Wildman–Crippen LogP) is 2.08. The van der Waals surface area contributed by atoms with Crippen molar-refractivity contribution < 1.29 is 0 Å². The number of imidazole rings is 1. The molecule has 0 bridgehead atoms. The molecule has 0 saturated carbocycles. The van der Waals surface area contributed by atoms with E-state index in [-0.39, 0.29) is 0 Å². The minimum Gasteiger partial charge on any atom is -0.327 e. The van der Waals surface area contributed by atoms with Crippen LogP contribution in [0.15, 0.2) is 36.7 Å². The molecule has 0 aliphatic heterocycles. The number of aryl methyl sites for hydroxylation is 2. The summed E-state index contributed by atoms with van der Waals surface area (Å²) in [4.78, 5) is 4.70. The fourth-order valence-corrected chi connectivity index (χ4v) is 2.50. The molecule has 0 unspecified atom stereocenters. The van der Waals surface area contributed by atoms with E-state index in [4.69, 9.17) is 4.98 Å². The van der Waals surface area contributed by atoms with Crippen LogP contribution >= 0.6 is 0 Å². The Bertz CT molecular complexity index is 710. The topological polar surface area (TPSA) is 47.7 Å². The first kappa shape index (κ1) is 12.9. The van der Waals surface area contributed by atoms with Gasteiger partial charge in [0.2, 0.25) is 0 Å². The van der Waals surface area contributed by atoms with Crippen molar-refractivity contribution in [3.05, 3.63) is 48.0 Å². The Kier molecular flexibility index (Phi) is 3.52. The Hall–Kier alpha value is -2.14. The Morgan fingerprint density at radius 3 is 2.80 bits per heavy atom. The smallest absolute Gasteiger partial charge is 0.123 e. The van der Waals surface area contributed by atoms with Gasteiger partial charge in [-0.05, 0) is 19.1 Å². The van der Waals surface area contributed by atoms with Gasteiger partial charge >= 0.3 is 0 Å². The highest BCUT2D eigenvalue weighted by Crippen LogP contribution is 2.15. The normalized spacial score (nSPS) is 11.3. The van der Waals surface area contributed by atoms with Gasteiger partial charge in [-0.2, -0.15) is 5.10 Å². The van der Waals surface area contributed by atoms with Crippen LogP contribution in [0.4, 0.5) is 0 Å². The van der Waals surface area contributed by atoms with Crippen LogP contribution in [0.2, 0.25) is 0 Å². The highest BCUT2D eigenvalue weighted by Gasteiger charge is 2.08. The SMILES string of the molecule is CCn1c(CNCc2cnn(C)c2)nc2ccccc21. The van der Waals surface area contributed by atoms with Crippen molar-refractivity contribution in [1.29, 1.82) is 0 Å². The lowest BCUT2D eigenvalue weighted by molar-refractivity contribution is 0.620. The number of hydrogen-bond donors (Lipinski definition) is 1. The van der Waals surface area contributed by atoms with E-state index in [1.165, 1.54) is 11.1 Å². The Balaban J connectivity index is 1.73. The van der Waals surface area contributed by atoms with Crippen LogP contribution in [0.5, 0.6) is 0 Å². The van der Waals surface area contributed by atoms with Gasteiger partial charge < -0.3 is 9.88 Å². The van der Waals surface area contributed by atoms with Crippen molar-refractivity contribution in [3.63, 3.8) is 0 Å². The number of fused-ring (bicyclic) bond motifs is 1. The van der Waals surface area contributed by atoms with Crippen molar-refractivity contribution in [1.82, 2.24) is 24.6 Å². The van der Waals surface area contributed by atoms with Crippen molar-refractivity contribution >= 4 is 11.0 Å². The van der Waals surface area contributed by atoms with E-state index in [9.17, 15) is 0 Å². The molecule has 0 radical (unpaired) electrons. The molecule has 1 aromatic carbocycles. The maximum absolute atomic E-state index is 4.70. The molecule has 0 aliphatic carbocycles. The second kappa shape index (κ2) is 5.46. The highest BCUT2D eigenvalue weighted by atomic mass is 15.2. The maximum Gasteiger partial charge on any atom is 0.123 e. The van der Waals surface area contributed by atoms with Gasteiger partial charge in [-0.3, -0.25) is 4.68 Å². The van der Waals surface area contributed by atoms with Crippen LogP contribution in [0.25, 0.3) is 11.0 Å². The average Bonchev–Trinajstić information content (AvgIpc) is 3.02. The Morgan fingerprint density at radius 2 is 2.05 bits per heavy atom. The lowest BCUT2D eigenvalue weighted by Crippen LogP contribution is -2.16. The summed E-state index contributed by atoms with van der Waals surface area (Å²) in [5.41, 5.74) is 3.45. The van der Waals surface area contributed by atoms with Crippen LogP contribution in [0, 0.1) is 0 Å². The summed E-state index contributed by atoms with van der Waals surface area (Å²) in [5.74, 6) is 1.08. The predicted molar refractivity (Wildman–Crippen MR) is 79.2 cm³/mol. The summed E-state index contributed by atoms with van der Waals surface area (Å²) in [5, 5.41) is 7.60. The van der Waals surface area contributed by atoms with E-state index >= 15 is 0 Å². The number of nitrogens with one attached hydrogen (secondary N) is 1. The maximum atomic E-state index is 4.70. The van der Waals surface area contributed by atoms with E-state index < -0.39 is 0 Å². The molecule has 2 aromatic heterocycles. The first-order valence-electron chi connectivity index (χ1n) is 6.90. The lowest BCUT2D eigenvalue weighted by atomic mass is 10.3.